The van der Waals surface area contributed by atoms with Gasteiger partial charge in [0.1, 0.15) is 6.33 Å². The molecule has 0 amide bonds. The van der Waals surface area contributed by atoms with E-state index in [0.29, 0.717) is 5.25 Å². The van der Waals surface area contributed by atoms with Gasteiger partial charge in [-0.1, -0.05) is 24.8 Å². The molecule has 86 valence electrons. The van der Waals surface area contributed by atoms with E-state index in [9.17, 15) is 0 Å². The Bertz CT molecular complexity index is 385. The van der Waals surface area contributed by atoms with E-state index in [1.165, 1.54) is 16.4 Å². The molecule has 0 radical (unpaired) electrons. The molecule has 2 aromatic heterocycles. The van der Waals surface area contributed by atoms with E-state index in [0.717, 1.165) is 17.4 Å². The molecule has 0 fully saturated rings. The van der Waals surface area contributed by atoms with Crippen molar-refractivity contribution in [2.75, 3.05) is 6.54 Å². The van der Waals surface area contributed by atoms with Crippen molar-refractivity contribution >= 4 is 34.6 Å². The first kappa shape index (κ1) is 12.0. The van der Waals surface area contributed by atoms with E-state index >= 15 is 0 Å². The number of rotatable bonds is 6. The molecule has 2 aromatic rings. The van der Waals surface area contributed by atoms with Gasteiger partial charge in [-0.2, -0.15) is 4.37 Å². The summed E-state index contributed by atoms with van der Waals surface area (Å²) in [6.45, 7) is 4.15. The lowest BCUT2D eigenvalue weighted by Crippen LogP contribution is -2.21. The Morgan fingerprint density at radius 3 is 3.19 bits per heavy atom. The highest BCUT2D eigenvalue weighted by atomic mass is 32.2. The van der Waals surface area contributed by atoms with Crippen molar-refractivity contribution in [3.63, 3.8) is 0 Å². The highest BCUT2D eigenvalue weighted by Crippen LogP contribution is 2.23. The number of aromatic nitrogens is 2. The summed E-state index contributed by atoms with van der Waals surface area (Å²) in [5, 5.41) is 6.07. The molecule has 2 rings (SSSR count). The van der Waals surface area contributed by atoms with Crippen LogP contribution in [0.15, 0.2) is 28.2 Å². The summed E-state index contributed by atoms with van der Waals surface area (Å²) in [4.78, 5) is 5.54. The van der Waals surface area contributed by atoms with Gasteiger partial charge in [0.05, 0.1) is 0 Å². The fourth-order valence-electron chi connectivity index (χ4n) is 1.24. The molecule has 0 aliphatic carbocycles. The fourth-order valence-corrected chi connectivity index (χ4v) is 3.64. The van der Waals surface area contributed by atoms with E-state index in [2.05, 4.69) is 39.1 Å². The average molecular weight is 271 g/mol. The van der Waals surface area contributed by atoms with Crippen LogP contribution in [-0.4, -0.2) is 21.2 Å². The summed E-state index contributed by atoms with van der Waals surface area (Å²) >= 11 is 5.02. The lowest BCUT2D eigenvalue weighted by atomic mass is 10.4. The van der Waals surface area contributed by atoms with Crippen LogP contribution in [-0.2, 0) is 6.54 Å². The lowest BCUT2D eigenvalue weighted by molar-refractivity contribution is 0.690. The van der Waals surface area contributed by atoms with E-state index in [-0.39, 0.29) is 0 Å². The number of hydrogen-bond acceptors (Lipinski definition) is 6. The first-order chi connectivity index (χ1) is 7.84. The Morgan fingerprint density at radius 1 is 1.56 bits per heavy atom. The van der Waals surface area contributed by atoms with Crippen molar-refractivity contribution in [2.24, 2.45) is 0 Å². The molecule has 0 spiro atoms. The molecule has 2 heterocycles. The average Bonchev–Trinajstić information content (AvgIpc) is 2.90. The molecule has 1 unspecified atom stereocenters. The maximum Gasteiger partial charge on any atom is 0.170 e. The Hall–Kier alpha value is -0.430. The van der Waals surface area contributed by atoms with Crippen LogP contribution in [0.4, 0.5) is 0 Å². The molecule has 3 nitrogen and oxygen atoms in total. The molecule has 1 atom stereocenters. The zero-order valence-electron chi connectivity index (χ0n) is 8.92. The van der Waals surface area contributed by atoms with Crippen molar-refractivity contribution in [3.05, 3.63) is 28.7 Å². The summed E-state index contributed by atoms with van der Waals surface area (Å²) in [6.07, 6.45) is 1.61. The summed E-state index contributed by atoms with van der Waals surface area (Å²) in [5.41, 5.74) is 0. The molecule has 0 aliphatic heterocycles. The molecule has 0 saturated heterocycles. The van der Waals surface area contributed by atoms with Crippen molar-refractivity contribution < 1.29 is 0 Å². The molecule has 0 saturated carbocycles. The maximum absolute atomic E-state index is 4.16. The van der Waals surface area contributed by atoms with Gasteiger partial charge in [0, 0.05) is 23.2 Å². The molecular formula is C10H13N3S3. The minimum absolute atomic E-state index is 0.521. The summed E-state index contributed by atoms with van der Waals surface area (Å²) in [6, 6.07) is 4.24. The van der Waals surface area contributed by atoms with Gasteiger partial charge < -0.3 is 5.32 Å². The van der Waals surface area contributed by atoms with Crippen molar-refractivity contribution in [1.82, 2.24) is 14.7 Å². The summed E-state index contributed by atoms with van der Waals surface area (Å²) in [5.74, 6) is 0. The van der Waals surface area contributed by atoms with Gasteiger partial charge in [0.2, 0.25) is 0 Å². The largest absolute Gasteiger partial charge is 0.311 e. The topological polar surface area (TPSA) is 37.8 Å². The van der Waals surface area contributed by atoms with Crippen LogP contribution in [0.1, 0.15) is 11.8 Å². The minimum atomic E-state index is 0.521. The van der Waals surface area contributed by atoms with Crippen LogP contribution < -0.4 is 5.32 Å². The number of nitrogens with zero attached hydrogens (tertiary/aromatic N) is 2. The molecule has 1 N–H and O–H groups in total. The zero-order valence-corrected chi connectivity index (χ0v) is 11.4. The van der Waals surface area contributed by atoms with Gasteiger partial charge in [-0.3, -0.25) is 0 Å². The van der Waals surface area contributed by atoms with Crippen molar-refractivity contribution in [2.45, 2.75) is 23.1 Å². The van der Waals surface area contributed by atoms with Gasteiger partial charge >= 0.3 is 0 Å². The number of nitrogens with one attached hydrogen (secondary N) is 1. The monoisotopic (exact) mass is 271 g/mol. The molecule has 0 aromatic carbocycles. The maximum atomic E-state index is 4.16. The Balaban J connectivity index is 1.66. The highest BCUT2D eigenvalue weighted by molar-refractivity contribution is 8.01. The Kier molecular flexibility index (Phi) is 4.77. The number of thiophene rings is 1. The van der Waals surface area contributed by atoms with Crippen LogP contribution >= 0.6 is 34.6 Å². The standard InChI is InChI=1S/C10H13N3S3/c1-8(15-10-12-7-13-16-10)5-11-6-9-3-2-4-14-9/h2-4,7-8,11H,5-6H2,1H3. The van der Waals surface area contributed by atoms with E-state index in [1.54, 1.807) is 29.4 Å². The Morgan fingerprint density at radius 2 is 2.50 bits per heavy atom. The van der Waals surface area contributed by atoms with Gasteiger partial charge in [-0.25, -0.2) is 4.98 Å². The van der Waals surface area contributed by atoms with Crippen LogP contribution in [0.25, 0.3) is 0 Å². The van der Waals surface area contributed by atoms with E-state index < -0.39 is 0 Å². The van der Waals surface area contributed by atoms with Gasteiger partial charge in [-0.15, -0.1) is 11.3 Å². The predicted molar refractivity (Wildman–Crippen MR) is 71.3 cm³/mol. The molecule has 16 heavy (non-hydrogen) atoms. The highest BCUT2D eigenvalue weighted by Gasteiger charge is 2.06. The van der Waals surface area contributed by atoms with Gasteiger partial charge in [0.25, 0.3) is 0 Å². The molecule has 0 aliphatic rings. The Labute approximate surface area is 107 Å². The first-order valence-electron chi connectivity index (χ1n) is 5.01. The number of hydrogen-bond donors (Lipinski definition) is 1. The van der Waals surface area contributed by atoms with Crippen molar-refractivity contribution in [1.29, 1.82) is 0 Å². The number of thioether (sulfide) groups is 1. The second-order valence-electron chi connectivity index (χ2n) is 3.35. The van der Waals surface area contributed by atoms with Crippen LogP contribution in [0, 0.1) is 0 Å². The normalized spacial score (nSPS) is 12.8. The van der Waals surface area contributed by atoms with Crippen molar-refractivity contribution in [3.8, 4) is 0 Å². The summed E-state index contributed by atoms with van der Waals surface area (Å²) < 4.78 is 5.03. The van der Waals surface area contributed by atoms with Gasteiger partial charge in [0.15, 0.2) is 4.34 Å². The third-order valence-corrected chi connectivity index (χ3v) is 4.68. The molecule has 0 bridgehead atoms. The second-order valence-corrected chi connectivity index (χ2v) is 6.84. The first-order valence-corrected chi connectivity index (χ1v) is 7.54. The quantitative estimate of drug-likeness (QED) is 0.820. The van der Waals surface area contributed by atoms with E-state index in [4.69, 9.17) is 0 Å². The lowest BCUT2D eigenvalue weighted by Gasteiger charge is -2.09. The van der Waals surface area contributed by atoms with Crippen LogP contribution in [0.3, 0.4) is 0 Å². The van der Waals surface area contributed by atoms with Crippen LogP contribution in [0.5, 0.6) is 0 Å². The third kappa shape index (κ3) is 3.86. The smallest absolute Gasteiger partial charge is 0.170 e. The predicted octanol–water partition coefficient (Wildman–Crippen LogP) is 2.87. The van der Waals surface area contributed by atoms with Crippen LogP contribution in [0.2, 0.25) is 0 Å². The zero-order chi connectivity index (χ0) is 11.2. The third-order valence-electron chi connectivity index (χ3n) is 1.95. The SMILES string of the molecule is CC(CNCc1cccs1)Sc1ncns1. The minimum Gasteiger partial charge on any atom is -0.311 e. The second kappa shape index (κ2) is 6.34. The van der Waals surface area contributed by atoms with Gasteiger partial charge in [-0.05, 0) is 23.0 Å². The van der Waals surface area contributed by atoms with E-state index in [1.807, 2.05) is 0 Å². The summed E-state index contributed by atoms with van der Waals surface area (Å²) in [7, 11) is 0. The molecule has 6 heteroatoms. The molecular weight excluding hydrogens is 258 g/mol. The fraction of sp³-hybridized carbons (Fsp3) is 0.400.